The lowest BCUT2D eigenvalue weighted by Gasteiger charge is -2.10. The molecule has 0 saturated carbocycles. The van der Waals surface area contributed by atoms with Gasteiger partial charge in [0.2, 0.25) is 11.2 Å². The number of carbonyl (C=O) groups excluding carboxylic acids is 1. The van der Waals surface area contributed by atoms with Crippen LogP contribution >= 0.6 is 11.6 Å². The van der Waals surface area contributed by atoms with Gasteiger partial charge in [0, 0.05) is 18.2 Å². The van der Waals surface area contributed by atoms with Crippen LogP contribution in [0.3, 0.4) is 0 Å². The van der Waals surface area contributed by atoms with Crippen molar-refractivity contribution >= 4 is 23.2 Å². The van der Waals surface area contributed by atoms with Gasteiger partial charge in [-0.1, -0.05) is 0 Å². The van der Waals surface area contributed by atoms with Gasteiger partial charge in [0.15, 0.2) is 0 Å². The van der Waals surface area contributed by atoms with E-state index >= 15 is 0 Å². The van der Waals surface area contributed by atoms with Crippen molar-refractivity contribution in [2.45, 2.75) is 6.92 Å². The second kappa shape index (κ2) is 5.62. The molecular weight excluding hydrogens is 268 g/mol. The molecule has 2 aromatic rings. The molecule has 7 heteroatoms. The maximum absolute atomic E-state index is 11.1. The Morgan fingerprint density at radius 2 is 2.21 bits per heavy atom. The van der Waals surface area contributed by atoms with Crippen molar-refractivity contribution in [3.05, 3.63) is 29.7 Å². The number of anilines is 1. The molecule has 6 nitrogen and oxygen atoms in total. The quantitative estimate of drug-likeness (QED) is 0.931. The zero-order valence-electron chi connectivity index (χ0n) is 10.3. The molecule has 1 amide bonds. The minimum Gasteiger partial charge on any atom is -0.496 e. The summed E-state index contributed by atoms with van der Waals surface area (Å²) in [4.78, 5) is 15.1. The average molecular weight is 279 g/mol. The maximum Gasteiger partial charge on any atom is 0.243 e. The first-order valence-electron chi connectivity index (χ1n) is 5.41. The molecule has 98 valence electrons. The van der Waals surface area contributed by atoms with Crippen LogP contribution in [-0.4, -0.2) is 28.2 Å². The SMILES string of the molecule is COc1ccc(NC(C)=O)cc1-c1cnnc(Cl)n1. The van der Waals surface area contributed by atoms with Gasteiger partial charge in [-0.15, -0.1) is 5.10 Å². The normalized spacial score (nSPS) is 10.1. The minimum atomic E-state index is -0.157. The van der Waals surface area contributed by atoms with Gasteiger partial charge in [0.1, 0.15) is 5.75 Å². The third-order valence-electron chi connectivity index (χ3n) is 2.33. The Bertz CT molecular complexity index is 618. The number of amides is 1. The topological polar surface area (TPSA) is 77.0 Å². The van der Waals surface area contributed by atoms with Gasteiger partial charge in [-0.2, -0.15) is 5.10 Å². The lowest BCUT2D eigenvalue weighted by Crippen LogP contribution is -2.06. The first-order valence-corrected chi connectivity index (χ1v) is 5.79. The number of methoxy groups -OCH3 is 1. The second-order valence-electron chi connectivity index (χ2n) is 3.71. The molecule has 0 atom stereocenters. The lowest BCUT2D eigenvalue weighted by atomic mass is 10.1. The van der Waals surface area contributed by atoms with Crippen molar-refractivity contribution in [1.82, 2.24) is 15.2 Å². The Morgan fingerprint density at radius 1 is 1.42 bits per heavy atom. The van der Waals surface area contributed by atoms with E-state index in [1.54, 1.807) is 25.3 Å². The molecule has 0 radical (unpaired) electrons. The molecule has 1 N–H and O–H groups in total. The fourth-order valence-electron chi connectivity index (χ4n) is 1.60. The van der Waals surface area contributed by atoms with E-state index in [0.29, 0.717) is 22.7 Å². The fourth-order valence-corrected chi connectivity index (χ4v) is 1.74. The van der Waals surface area contributed by atoms with Crippen molar-refractivity contribution in [1.29, 1.82) is 0 Å². The third kappa shape index (κ3) is 3.17. The summed E-state index contributed by atoms with van der Waals surface area (Å²) in [5.74, 6) is 0.445. The van der Waals surface area contributed by atoms with E-state index in [1.807, 2.05) is 0 Å². The Hall–Kier alpha value is -2.21. The summed E-state index contributed by atoms with van der Waals surface area (Å²) >= 11 is 5.72. The summed E-state index contributed by atoms with van der Waals surface area (Å²) in [6, 6.07) is 5.21. The van der Waals surface area contributed by atoms with Crippen molar-refractivity contribution in [2.24, 2.45) is 0 Å². The Balaban J connectivity index is 2.49. The smallest absolute Gasteiger partial charge is 0.243 e. The first-order chi connectivity index (χ1) is 9.10. The highest BCUT2D eigenvalue weighted by Gasteiger charge is 2.10. The third-order valence-corrected chi connectivity index (χ3v) is 2.49. The predicted octanol–water partition coefficient (Wildman–Crippen LogP) is 2.16. The number of ether oxygens (including phenoxy) is 1. The largest absolute Gasteiger partial charge is 0.496 e. The van der Waals surface area contributed by atoms with E-state index in [0.717, 1.165) is 0 Å². The van der Waals surface area contributed by atoms with Gasteiger partial charge in [-0.25, -0.2) is 4.98 Å². The molecule has 2 rings (SSSR count). The van der Waals surface area contributed by atoms with Crippen molar-refractivity contribution in [3.63, 3.8) is 0 Å². The number of hydrogen-bond acceptors (Lipinski definition) is 5. The summed E-state index contributed by atoms with van der Waals surface area (Å²) in [5.41, 5.74) is 1.83. The molecular formula is C12H11ClN4O2. The molecule has 0 aliphatic heterocycles. The number of halogens is 1. The van der Waals surface area contributed by atoms with E-state index in [4.69, 9.17) is 16.3 Å². The van der Waals surface area contributed by atoms with E-state index in [1.165, 1.54) is 13.1 Å². The summed E-state index contributed by atoms with van der Waals surface area (Å²) in [6.45, 7) is 1.44. The lowest BCUT2D eigenvalue weighted by molar-refractivity contribution is -0.114. The highest BCUT2D eigenvalue weighted by molar-refractivity contribution is 6.28. The van der Waals surface area contributed by atoms with Gasteiger partial charge >= 0.3 is 0 Å². The Labute approximate surface area is 114 Å². The number of nitrogens with one attached hydrogen (secondary N) is 1. The number of benzene rings is 1. The van der Waals surface area contributed by atoms with Gasteiger partial charge < -0.3 is 10.1 Å². The molecule has 0 bridgehead atoms. The fraction of sp³-hybridized carbons (Fsp3) is 0.167. The summed E-state index contributed by atoms with van der Waals surface area (Å²) in [7, 11) is 1.55. The Kier molecular flexibility index (Phi) is 3.91. The zero-order chi connectivity index (χ0) is 13.8. The molecule has 0 aliphatic carbocycles. The molecule has 1 aromatic heterocycles. The van der Waals surface area contributed by atoms with Crippen molar-refractivity contribution in [2.75, 3.05) is 12.4 Å². The Morgan fingerprint density at radius 3 is 2.84 bits per heavy atom. The average Bonchev–Trinajstić information content (AvgIpc) is 2.38. The van der Waals surface area contributed by atoms with Gasteiger partial charge in [0.05, 0.1) is 19.0 Å². The van der Waals surface area contributed by atoms with Crippen LogP contribution in [0.4, 0.5) is 5.69 Å². The van der Waals surface area contributed by atoms with Crippen molar-refractivity contribution < 1.29 is 9.53 Å². The van der Waals surface area contributed by atoms with Crippen LogP contribution in [0.15, 0.2) is 24.4 Å². The number of carbonyl (C=O) groups is 1. The highest BCUT2D eigenvalue weighted by Crippen LogP contribution is 2.31. The molecule has 0 aliphatic rings. The molecule has 1 heterocycles. The van der Waals surface area contributed by atoms with Gasteiger partial charge in [-0.05, 0) is 29.8 Å². The van der Waals surface area contributed by atoms with Gasteiger partial charge in [-0.3, -0.25) is 4.79 Å². The first kappa shape index (κ1) is 13.2. The van der Waals surface area contributed by atoms with Crippen molar-refractivity contribution in [3.8, 4) is 17.0 Å². The molecule has 19 heavy (non-hydrogen) atoms. The van der Waals surface area contributed by atoms with Crippen LogP contribution in [0.2, 0.25) is 5.28 Å². The van der Waals surface area contributed by atoms with E-state index in [-0.39, 0.29) is 11.2 Å². The van der Waals surface area contributed by atoms with Crippen LogP contribution in [0, 0.1) is 0 Å². The number of hydrogen-bond donors (Lipinski definition) is 1. The highest BCUT2D eigenvalue weighted by atomic mass is 35.5. The summed E-state index contributed by atoms with van der Waals surface area (Å²) in [5, 5.41) is 10.1. The molecule has 0 unspecified atom stereocenters. The monoisotopic (exact) mass is 278 g/mol. The van der Waals surface area contributed by atoms with Crippen LogP contribution in [0.1, 0.15) is 6.92 Å². The molecule has 0 fully saturated rings. The van der Waals surface area contributed by atoms with E-state index in [9.17, 15) is 4.79 Å². The summed E-state index contributed by atoms with van der Waals surface area (Å²) in [6.07, 6.45) is 1.47. The minimum absolute atomic E-state index is 0.0458. The van der Waals surface area contributed by atoms with E-state index in [2.05, 4.69) is 20.5 Å². The number of nitrogens with zero attached hydrogens (tertiary/aromatic N) is 3. The van der Waals surface area contributed by atoms with Crippen LogP contribution in [0.5, 0.6) is 5.75 Å². The predicted molar refractivity (Wildman–Crippen MR) is 71.1 cm³/mol. The zero-order valence-corrected chi connectivity index (χ0v) is 11.1. The summed E-state index contributed by atoms with van der Waals surface area (Å²) < 4.78 is 5.26. The maximum atomic E-state index is 11.1. The van der Waals surface area contributed by atoms with Crippen LogP contribution < -0.4 is 10.1 Å². The number of rotatable bonds is 3. The molecule has 1 aromatic carbocycles. The van der Waals surface area contributed by atoms with Gasteiger partial charge in [0.25, 0.3) is 0 Å². The number of aromatic nitrogens is 3. The van der Waals surface area contributed by atoms with E-state index < -0.39 is 0 Å². The van der Waals surface area contributed by atoms with Crippen LogP contribution in [-0.2, 0) is 4.79 Å². The molecule has 0 saturated heterocycles. The molecule has 0 spiro atoms. The van der Waals surface area contributed by atoms with Crippen LogP contribution in [0.25, 0.3) is 11.3 Å². The second-order valence-corrected chi connectivity index (χ2v) is 4.04. The standard InChI is InChI=1S/C12H11ClN4O2/c1-7(18)15-8-3-4-11(19-2)9(5-8)10-6-14-17-12(13)16-10/h3-6H,1-2H3,(H,15,18).